The van der Waals surface area contributed by atoms with Gasteiger partial charge in [-0.3, -0.25) is 4.79 Å². The zero-order valence-electron chi connectivity index (χ0n) is 19.4. The molecule has 1 N–H and O–H groups in total. The van der Waals surface area contributed by atoms with Gasteiger partial charge in [0, 0.05) is 38.3 Å². The van der Waals surface area contributed by atoms with Gasteiger partial charge in [0.15, 0.2) is 0 Å². The molecule has 0 unspecified atom stereocenters. The highest BCUT2D eigenvalue weighted by molar-refractivity contribution is 5.79. The Kier molecular flexibility index (Phi) is 8.57. The van der Waals surface area contributed by atoms with Crippen LogP contribution in [0.4, 0.5) is 4.39 Å². The van der Waals surface area contributed by atoms with Gasteiger partial charge in [-0.25, -0.2) is 4.39 Å². The van der Waals surface area contributed by atoms with Crippen LogP contribution in [0, 0.1) is 29.0 Å². The molecule has 180 valence electrons. The fourth-order valence-corrected chi connectivity index (χ4v) is 5.36. The molecule has 0 radical (unpaired) electrons. The molecular weight excluding hydrogens is 421 g/mol. The molecule has 0 aromatic heterocycles. The van der Waals surface area contributed by atoms with E-state index in [0.717, 1.165) is 64.1 Å². The van der Waals surface area contributed by atoms with E-state index in [2.05, 4.69) is 10.2 Å². The summed E-state index contributed by atoms with van der Waals surface area (Å²) in [6, 6.07) is 6.49. The standard InChI is InChI=1S/C26H36FN3O3/c27-22-3-6-25(21(17-22)18-28)33-24-8-13-30(14-9-24)12-7-19-1-4-23(5-2-19)29-26(31)20-10-15-32-16-11-20/h3,6,17,19-20,23-24H,1-2,4-5,7-16H2,(H,29,31)/t19-,23-. The van der Waals surface area contributed by atoms with Crippen molar-refractivity contribution in [1.29, 1.82) is 5.26 Å². The average molecular weight is 458 g/mol. The van der Waals surface area contributed by atoms with E-state index in [1.165, 1.54) is 31.4 Å². The van der Waals surface area contributed by atoms with Crippen LogP contribution in [0.2, 0.25) is 0 Å². The van der Waals surface area contributed by atoms with Gasteiger partial charge in [0.25, 0.3) is 0 Å². The molecule has 3 aliphatic rings. The second-order valence-corrected chi connectivity index (χ2v) is 9.81. The number of halogens is 1. The predicted molar refractivity (Wildman–Crippen MR) is 123 cm³/mol. The van der Waals surface area contributed by atoms with Crippen LogP contribution in [0.5, 0.6) is 5.75 Å². The average Bonchev–Trinajstić information content (AvgIpc) is 2.86. The maximum absolute atomic E-state index is 13.3. The fraction of sp³-hybridized carbons (Fsp3) is 0.692. The molecule has 0 atom stereocenters. The monoisotopic (exact) mass is 457 g/mol. The van der Waals surface area contributed by atoms with E-state index in [0.29, 0.717) is 25.0 Å². The van der Waals surface area contributed by atoms with Gasteiger partial charge in [-0.1, -0.05) is 0 Å². The van der Waals surface area contributed by atoms with Crippen molar-refractivity contribution in [3.05, 3.63) is 29.6 Å². The molecule has 1 aromatic carbocycles. The lowest BCUT2D eigenvalue weighted by Gasteiger charge is -2.35. The zero-order chi connectivity index (χ0) is 23.0. The van der Waals surface area contributed by atoms with E-state index in [1.54, 1.807) is 6.07 Å². The van der Waals surface area contributed by atoms with Gasteiger partial charge in [-0.2, -0.15) is 5.26 Å². The van der Waals surface area contributed by atoms with Gasteiger partial charge >= 0.3 is 0 Å². The number of benzene rings is 1. The fourth-order valence-electron chi connectivity index (χ4n) is 5.36. The summed E-state index contributed by atoms with van der Waals surface area (Å²) < 4.78 is 24.7. The third kappa shape index (κ3) is 6.91. The quantitative estimate of drug-likeness (QED) is 0.669. The summed E-state index contributed by atoms with van der Waals surface area (Å²) in [5.74, 6) is 1.18. The molecule has 33 heavy (non-hydrogen) atoms. The minimum absolute atomic E-state index is 0.0774. The molecule has 7 heteroatoms. The SMILES string of the molecule is N#Cc1cc(F)ccc1OC1CCN(CC[C@H]2CC[C@H](NC(=O)C3CCOCC3)CC2)CC1. The Morgan fingerprint density at radius 2 is 1.85 bits per heavy atom. The Bertz CT molecular complexity index is 821. The number of carbonyl (C=O) groups excluding carboxylic acids is 1. The Labute approximate surface area is 196 Å². The number of amides is 1. The summed E-state index contributed by atoms with van der Waals surface area (Å²) in [6.45, 7) is 4.51. The highest BCUT2D eigenvalue weighted by Crippen LogP contribution is 2.29. The van der Waals surface area contributed by atoms with Crippen LogP contribution in [-0.2, 0) is 9.53 Å². The molecule has 2 heterocycles. The highest BCUT2D eigenvalue weighted by atomic mass is 19.1. The second-order valence-electron chi connectivity index (χ2n) is 9.81. The summed E-state index contributed by atoms with van der Waals surface area (Å²) >= 11 is 0. The predicted octanol–water partition coefficient (Wildman–Crippen LogP) is 4.03. The zero-order valence-corrected chi connectivity index (χ0v) is 19.4. The molecule has 2 saturated heterocycles. The van der Waals surface area contributed by atoms with Gasteiger partial charge in [0.05, 0.1) is 5.56 Å². The first-order valence-electron chi connectivity index (χ1n) is 12.6. The van der Waals surface area contributed by atoms with E-state index >= 15 is 0 Å². The van der Waals surface area contributed by atoms with Gasteiger partial charge in [0.1, 0.15) is 23.7 Å². The van der Waals surface area contributed by atoms with E-state index in [1.807, 2.05) is 6.07 Å². The minimum atomic E-state index is -0.413. The molecule has 0 bridgehead atoms. The first kappa shape index (κ1) is 24.0. The second kappa shape index (κ2) is 11.8. The molecule has 3 fully saturated rings. The van der Waals surface area contributed by atoms with E-state index < -0.39 is 5.82 Å². The lowest BCUT2D eigenvalue weighted by molar-refractivity contribution is -0.128. The van der Waals surface area contributed by atoms with E-state index in [4.69, 9.17) is 9.47 Å². The maximum Gasteiger partial charge on any atom is 0.223 e. The number of carbonyl (C=O) groups is 1. The summed E-state index contributed by atoms with van der Waals surface area (Å²) in [5.41, 5.74) is 0.261. The number of ether oxygens (including phenoxy) is 2. The number of rotatable bonds is 7. The summed E-state index contributed by atoms with van der Waals surface area (Å²) in [4.78, 5) is 15.0. The lowest BCUT2D eigenvalue weighted by atomic mass is 9.83. The summed E-state index contributed by atoms with van der Waals surface area (Å²) in [5, 5.41) is 12.5. The van der Waals surface area contributed by atoms with Gasteiger partial charge in [-0.15, -0.1) is 0 Å². The van der Waals surface area contributed by atoms with Gasteiger partial charge < -0.3 is 19.7 Å². The first-order valence-corrected chi connectivity index (χ1v) is 12.6. The third-order valence-corrected chi connectivity index (χ3v) is 7.53. The normalized spacial score (nSPS) is 25.3. The molecule has 6 nitrogen and oxygen atoms in total. The number of nitrogens with zero attached hydrogens (tertiary/aromatic N) is 2. The molecule has 0 spiro atoms. The topological polar surface area (TPSA) is 74.6 Å². The lowest BCUT2D eigenvalue weighted by Crippen LogP contribution is -2.43. The van der Waals surface area contributed by atoms with Crippen molar-refractivity contribution >= 4 is 5.91 Å². The Morgan fingerprint density at radius 1 is 1.12 bits per heavy atom. The highest BCUT2D eigenvalue weighted by Gasteiger charge is 2.28. The molecule has 1 aliphatic carbocycles. The number of nitrogens with one attached hydrogen (secondary N) is 1. The molecule has 1 amide bonds. The summed E-state index contributed by atoms with van der Waals surface area (Å²) in [6.07, 6.45) is 9.41. The van der Waals surface area contributed by atoms with Gasteiger partial charge in [-0.05, 0) is 88.4 Å². The van der Waals surface area contributed by atoms with Crippen molar-refractivity contribution < 1.29 is 18.7 Å². The number of hydrogen-bond donors (Lipinski definition) is 1. The number of piperidine rings is 1. The number of likely N-dealkylation sites (tertiary alicyclic amines) is 1. The smallest absolute Gasteiger partial charge is 0.223 e. The Balaban J connectivity index is 1.11. The van der Waals surface area contributed by atoms with Crippen LogP contribution in [0.3, 0.4) is 0 Å². The van der Waals surface area contributed by atoms with Crippen LogP contribution >= 0.6 is 0 Å². The molecule has 1 saturated carbocycles. The maximum atomic E-state index is 13.3. The van der Waals surface area contributed by atoms with Crippen molar-refractivity contribution in [2.75, 3.05) is 32.8 Å². The number of nitriles is 1. The van der Waals surface area contributed by atoms with E-state index in [9.17, 15) is 14.4 Å². The molecule has 2 aliphatic heterocycles. The van der Waals surface area contributed by atoms with Crippen LogP contribution in [0.25, 0.3) is 0 Å². The summed E-state index contributed by atoms with van der Waals surface area (Å²) in [7, 11) is 0. The van der Waals surface area contributed by atoms with Crippen molar-refractivity contribution in [3.63, 3.8) is 0 Å². The third-order valence-electron chi connectivity index (χ3n) is 7.53. The first-order chi connectivity index (χ1) is 16.1. The van der Waals surface area contributed by atoms with Crippen LogP contribution in [0.1, 0.15) is 63.4 Å². The van der Waals surface area contributed by atoms with Gasteiger partial charge in [0.2, 0.25) is 5.91 Å². The Morgan fingerprint density at radius 3 is 2.55 bits per heavy atom. The number of hydrogen-bond acceptors (Lipinski definition) is 5. The van der Waals surface area contributed by atoms with Crippen molar-refractivity contribution in [2.24, 2.45) is 11.8 Å². The molecule has 4 rings (SSSR count). The molecular formula is C26H36FN3O3. The Hall–Kier alpha value is -2.17. The van der Waals surface area contributed by atoms with Crippen molar-refractivity contribution in [1.82, 2.24) is 10.2 Å². The van der Waals surface area contributed by atoms with Crippen LogP contribution < -0.4 is 10.1 Å². The largest absolute Gasteiger partial charge is 0.489 e. The van der Waals surface area contributed by atoms with Crippen molar-refractivity contribution in [2.45, 2.75) is 69.9 Å². The van der Waals surface area contributed by atoms with Crippen molar-refractivity contribution in [3.8, 4) is 11.8 Å². The molecule has 1 aromatic rings. The van der Waals surface area contributed by atoms with E-state index in [-0.39, 0.29) is 23.5 Å². The van der Waals surface area contributed by atoms with Crippen LogP contribution in [0.15, 0.2) is 18.2 Å². The van der Waals surface area contributed by atoms with Crippen LogP contribution in [-0.4, -0.2) is 55.8 Å². The minimum Gasteiger partial charge on any atom is -0.489 e.